The Morgan fingerprint density at radius 2 is 2.40 bits per heavy atom. The molecule has 1 N–H and O–H groups in total. The molecule has 1 heterocycles. The molecule has 3 heteroatoms. The Labute approximate surface area is 66.7 Å². The summed E-state index contributed by atoms with van der Waals surface area (Å²) in [7, 11) is 1.75. The van der Waals surface area contributed by atoms with E-state index in [1.807, 2.05) is 11.8 Å². The van der Waals surface area contributed by atoms with Crippen molar-refractivity contribution < 1.29 is 4.74 Å². The highest BCUT2D eigenvalue weighted by atomic mass is 32.2. The molecule has 1 fully saturated rings. The van der Waals surface area contributed by atoms with Gasteiger partial charge in [0.25, 0.3) is 0 Å². The summed E-state index contributed by atoms with van der Waals surface area (Å²) in [5, 5.41) is 3.45. The minimum absolute atomic E-state index is 0.793. The molecule has 0 atom stereocenters. The van der Waals surface area contributed by atoms with Crippen LogP contribution in [-0.2, 0) is 4.74 Å². The molecule has 0 aromatic rings. The average molecular weight is 161 g/mol. The van der Waals surface area contributed by atoms with Gasteiger partial charge in [0.05, 0.1) is 0 Å². The maximum absolute atomic E-state index is 4.93. The number of ether oxygens (including phenoxy) is 1. The Morgan fingerprint density at radius 1 is 1.60 bits per heavy atom. The van der Waals surface area contributed by atoms with Crippen LogP contribution in [0.1, 0.15) is 6.42 Å². The molecule has 0 spiro atoms. The van der Waals surface area contributed by atoms with E-state index in [1.54, 1.807) is 7.11 Å². The zero-order valence-corrected chi connectivity index (χ0v) is 7.25. The monoisotopic (exact) mass is 161 g/mol. The van der Waals surface area contributed by atoms with Crippen molar-refractivity contribution in [2.45, 2.75) is 12.5 Å². The Hall–Kier alpha value is 0.270. The summed E-state index contributed by atoms with van der Waals surface area (Å²) < 4.78 is 4.93. The summed E-state index contributed by atoms with van der Waals surface area (Å²) in [6.07, 6.45) is 1.14. The predicted molar refractivity (Wildman–Crippen MR) is 45.6 cm³/mol. The van der Waals surface area contributed by atoms with Crippen LogP contribution in [0.5, 0.6) is 0 Å². The van der Waals surface area contributed by atoms with Gasteiger partial charge in [-0.15, -0.1) is 0 Å². The number of nitrogens with one attached hydrogen (secondary N) is 1. The number of hydrogen-bond donors (Lipinski definition) is 1. The van der Waals surface area contributed by atoms with Gasteiger partial charge in [0.15, 0.2) is 0 Å². The first-order chi connectivity index (χ1) is 4.93. The Morgan fingerprint density at radius 3 is 2.90 bits per heavy atom. The minimum Gasteiger partial charge on any atom is -0.385 e. The molecule has 2 nitrogen and oxygen atoms in total. The van der Waals surface area contributed by atoms with Crippen molar-refractivity contribution in [3.8, 4) is 0 Å². The maximum Gasteiger partial charge on any atom is 0.0474 e. The molecule has 10 heavy (non-hydrogen) atoms. The van der Waals surface area contributed by atoms with Crippen molar-refractivity contribution in [1.29, 1.82) is 0 Å². The number of hydrogen-bond acceptors (Lipinski definition) is 3. The van der Waals surface area contributed by atoms with Gasteiger partial charge >= 0.3 is 0 Å². The van der Waals surface area contributed by atoms with E-state index >= 15 is 0 Å². The second-order valence-electron chi connectivity index (χ2n) is 2.53. The molecule has 1 aliphatic rings. The molecule has 0 aromatic carbocycles. The number of thioether (sulfide) groups is 1. The van der Waals surface area contributed by atoms with Gasteiger partial charge in [0.1, 0.15) is 0 Å². The summed E-state index contributed by atoms with van der Waals surface area (Å²) in [5.74, 6) is 2.60. The summed E-state index contributed by atoms with van der Waals surface area (Å²) in [5.41, 5.74) is 0. The molecular formula is C7H15NOS. The highest BCUT2D eigenvalue weighted by Gasteiger charge is 2.15. The van der Waals surface area contributed by atoms with E-state index in [2.05, 4.69) is 5.32 Å². The van der Waals surface area contributed by atoms with E-state index in [1.165, 1.54) is 11.5 Å². The Kier molecular flexibility index (Phi) is 4.18. The van der Waals surface area contributed by atoms with Gasteiger partial charge in [-0.2, -0.15) is 11.8 Å². The molecule has 0 aromatic heterocycles. The molecule has 0 radical (unpaired) electrons. The van der Waals surface area contributed by atoms with Crippen LogP contribution in [0.4, 0.5) is 0 Å². The normalized spacial score (nSPS) is 18.9. The van der Waals surface area contributed by atoms with E-state index in [4.69, 9.17) is 4.74 Å². The van der Waals surface area contributed by atoms with E-state index in [0.717, 1.165) is 25.6 Å². The second kappa shape index (κ2) is 4.99. The minimum atomic E-state index is 0.793. The van der Waals surface area contributed by atoms with Crippen LogP contribution in [-0.4, -0.2) is 37.8 Å². The van der Waals surface area contributed by atoms with Gasteiger partial charge < -0.3 is 10.1 Å². The predicted octanol–water partition coefficient (Wildman–Crippen LogP) is 0.728. The van der Waals surface area contributed by atoms with Gasteiger partial charge in [0, 0.05) is 31.3 Å². The molecule has 0 unspecified atom stereocenters. The molecule has 1 saturated heterocycles. The van der Waals surface area contributed by atoms with E-state index in [0.29, 0.717) is 0 Å². The molecule has 0 bridgehead atoms. The highest BCUT2D eigenvalue weighted by Crippen LogP contribution is 2.16. The molecule has 1 aliphatic heterocycles. The van der Waals surface area contributed by atoms with Crippen molar-refractivity contribution >= 4 is 11.8 Å². The van der Waals surface area contributed by atoms with Gasteiger partial charge in [-0.1, -0.05) is 0 Å². The SMILES string of the molecule is COCCCNC1CSC1. The first-order valence-electron chi connectivity index (χ1n) is 3.73. The largest absolute Gasteiger partial charge is 0.385 e. The van der Waals surface area contributed by atoms with E-state index in [-0.39, 0.29) is 0 Å². The van der Waals surface area contributed by atoms with Crippen molar-refractivity contribution in [3.05, 3.63) is 0 Å². The zero-order valence-electron chi connectivity index (χ0n) is 6.43. The van der Waals surface area contributed by atoms with Gasteiger partial charge in [-0.05, 0) is 13.0 Å². The summed E-state index contributed by atoms with van der Waals surface area (Å²) in [4.78, 5) is 0. The van der Waals surface area contributed by atoms with Crippen molar-refractivity contribution in [1.82, 2.24) is 5.32 Å². The second-order valence-corrected chi connectivity index (χ2v) is 3.61. The Balaban J connectivity index is 1.76. The number of methoxy groups -OCH3 is 1. The zero-order chi connectivity index (χ0) is 7.23. The lowest BCUT2D eigenvalue weighted by Crippen LogP contribution is -2.40. The Bertz CT molecular complexity index is 85.7. The summed E-state index contributed by atoms with van der Waals surface area (Å²) in [6.45, 7) is 1.99. The van der Waals surface area contributed by atoms with E-state index in [9.17, 15) is 0 Å². The van der Waals surface area contributed by atoms with Crippen LogP contribution in [0.3, 0.4) is 0 Å². The van der Waals surface area contributed by atoms with Crippen LogP contribution in [0.25, 0.3) is 0 Å². The van der Waals surface area contributed by atoms with Crippen LogP contribution in [0.2, 0.25) is 0 Å². The summed E-state index contributed by atoms with van der Waals surface area (Å²) in [6, 6.07) is 0.793. The lowest BCUT2D eigenvalue weighted by atomic mass is 10.3. The molecule has 0 aliphatic carbocycles. The lowest BCUT2D eigenvalue weighted by molar-refractivity contribution is 0.193. The van der Waals surface area contributed by atoms with Crippen LogP contribution >= 0.6 is 11.8 Å². The third-order valence-corrected chi connectivity index (χ3v) is 2.87. The van der Waals surface area contributed by atoms with Crippen LogP contribution < -0.4 is 5.32 Å². The fourth-order valence-corrected chi connectivity index (χ4v) is 1.58. The average Bonchev–Trinajstić information content (AvgIpc) is 1.84. The molecule has 1 rings (SSSR count). The lowest BCUT2D eigenvalue weighted by Gasteiger charge is -2.25. The highest BCUT2D eigenvalue weighted by molar-refractivity contribution is 8.00. The topological polar surface area (TPSA) is 21.3 Å². The van der Waals surface area contributed by atoms with Gasteiger partial charge in [0.2, 0.25) is 0 Å². The molecule has 0 saturated carbocycles. The van der Waals surface area contributed by atoms with Crippen molar-refractivity contribution in [2.75, 3.05) is 31.8 Å². The fourth-order valence-electron chi connectivity index (χ4n) is 0.876. The quantitative estimate of drug-likeness (QED) is 0.601. The molecule has 60 valence electrons. The van der Waals surface area contributed by atoms with E-state index < -0.39 is 0 Å². The molecule has 0 amide bonds. The maximum atomic E-state index is 4.93. The third kappa shape index (κ3) is 2.90. The fraction of sp³-hybridized carbons (Fsp3) is 1.00. The van der Waals surface area contributed by atoms with Crippen molar-refractivity contribution in [2.24, 2.45) is 0 Å². The smallest absolute Gasteiger partial charge is 0.0474 e. The first-order valence-corrected chi connectivity index (χ1v) is 4.89. The first kappa shape index (κ1) is 8.37. The summed E-state index contributed by atoms with van der Waals surface area (Å²) >= 11 is 2.02. The van der Waals surface area contributed by atoms with Gasteiger partial charge in [-0.25, -0.2) is 0 Å². The number of rotatable bonds is 5. The van der Waals surface area contributed by atoms with Crippen LogP contribution in [0.15, 0.2) is 0 Å². The third-order valence-electron chi connectivity index (χ3n) is 1.60. The standard InChI is InChI=1S/C7H15NOS/c1-9-4-2-3-8-7-5-10-6-7/h7-8H,2-6H2,1H3. The van der Waals surface area contributed by atoms with Crippen LogP contribution in [0, 0.1) is 0 Å². The van der Waals surface area contributed by atoms with Crippen molar-refractivity contribution in [3.63, 3.8) is 0 Å². The van der Waals surface area contributed by atoms with Gasteiger partial charge in [-0.3, -0.25) is 0 Å². The molecular weight excluding hydrogens is 146 g/mol.